The van der Waals surface area contributed by atoms with Crippen LogP contribution in [0.15, 0.2) is 18.2 Å². The number of carbonyl (C=O) groups excluding carboxylic acids is 1. The minimum atomic E-state index is -1.08. The SMILES string of the molecule is C[Si](C)(C)CCCOc1ccc([N+](=O)[O-])cc1C=O. The number of carbonyl (C=O) groups is 1. The lowest BCUT2D eigenvalue weighted by atomic mass is 10.2. The van der Waals surface area contributed by atoms with Crippen molar-refractivity contribution in [1.82, 2.24) is 0 Å². The zero-order valence-corrected chi connectivity index (χ0v) is 12.5. The van der Waals surface area contributed by atoms with Crippen LogP contribution in [-0.2, 0) is 0 Å². The Kier molecular flexibility index (Phi) is 5.23. The molecule has 19 heavy (non-hydrogen) atoms. The molecular weight excluding hydrogens is 262 g/mol. The van der Waals surface area contributed by atoms with Crippen LogP contribution >= 0.6 is 0 Å². The standard InChI is InChI=1S/C13H19NO4Si/c1-19(2,3)8-4-7-18-13-6-5-12(14(16)17)9-11(13)10-15/h5-6,9-10H,4,7-8H2,1-3H3. The molecule has 0 N–H and O–H groups in total. The molecule has 0 aromatic heterocycles. The second-order valence-electron chi connectivity index (χ2n) is 5.61. The lowest BCUT2D eigenvalue weighted by molar-refractivity contribution is -0.384. The van der Waals surface area contributed by atoms with Crippen LogP contribution in [0.25, 0.3) is 0 Å². The van der Waals surface area contributed by atoms with Gasteiger partial charge in [-0.15, -0.1) is 0 Å². The second-order valence-corrected chi connectivity index (χ2v) is 11.2. The van der Waals surface area contributed by atoms with Crippen LogP contribution in [0.5, 0.6) is 5.75 Å². The highest BCUT2D eigenvalue weighted by Crippen LogP contribution is 2.23. The Hall–Kier alpha value is -1.69. The number of nitrogens with zero attached hydrogens (tertiary/aromatic N) is 1. The van der Waals surface area contributed by atoms with Gasteiger partial charge < -0.3 is 4.74 Å². The number of ether oxygens (including phenoxy) is 1. The van der Waals surface area contributed by atoms with Gasteiger partial charge >= 0.3 is 0 Å². The molecule has 1 aromatic carbocycles. The predicted molar refractivity (Wildman–Crippen MR) is 76.7 cm³/mol. The molecule has 0 amide bonds. The largest absolute Gasteiger partial charge is 0.493 e. The van der Waals surface area contributed by atoms with E-state index in [1.54, 1.807) is 0 Å². The van der Waals surface area contributed by atoms with Crippen LogP contribution in [0, 0.1) is 10.1 Å². The van der Waals surface area contributed by atoms with E-state index in [0.29, 0.717) is 18.6 Å². The average molecular weight is 281 g/mol. The molecule has 0 heterocycles. The summed E-state index contributed by atoms with van der Waals surface area (Å²) >= 11 is 0. The molecule has 0 unspecified atom stereocenters. The van der Waals surface area contributed by atoms with E-state index in [0.717, 1.165) is 12.5 Å². The van der Waals surface area contributed by atoms with Crippen molar-refractivity contribution in [2.45, 2.75) is 32.1 Å². The Bertz CT molecular complexity index is 468. The van der Waals surface area contributed by atoms with Crippen molar-refractivity contribution in [2.24, 2.45) is 0 Å². The molecular formula is C13H19NO4Si. The van der Waals surface area contributed by atoms with Gasteiger partial charge in [0.1, 0.15) is 5.75 Å². The topological polar surface area (TPSA) is 69.4 Å². The lowest BCUT2D eigenvalue weighted by Crippen LogP contribution is -2.20. The van der Waals surface area contributed by atoms with Crippen molar-refractivity contribution >= 4 is 20.0 Å². The number of nitro groups is 1. The van der Waals surface area contributed by atoms with Gasteiger partial charge in [0.25, 0.3) is 5.69 Å². The Morgan fingerprint density at radius 3 is 2.58 bits per heavy atom. The van der Waals surface area contributed by atoms with E-state index >= 15 is 0 Å². The number of benzene rings is 1. The average Bonchev–Trinajstić information content (AvgIpc) is 2.33. The number of non-ortho nitro benzene ring substituents is 1. The maximum Gasteiger partial charge on any atom is 0.270 e. The first-order chi connectivity index (χ1) is 8.83. The van der Waals surface area contributed by atoms with Crippen LogP contribution in [0.1, 0.15) is 16.8 Å². The highest BCUT2D eigenvalue weighted by Gasteiger charge is 2.13. The van der Waals surface area contributed by atoms with Crippen LogP contribution in [0.4, 0.5) is 5.69 Å². The van der Waals surface area contributed by atoms with Crippen LogP contribution in [-0.4, -0.2) is 25.9 Å². The molecule has 6 heteroatoms. The number of hydrogen-bond donors (Lipinski definition) is 0. The Labute approximate surface area is 113 Å². The van der Waals surface area contributed by atoms with Crippen LogP contribution in [0.2, 0.25) is 25.7 Å². The first kappa shape index (κ1) is 15.4. The summed E-state index contributed by atoms with van der Waals surface area (Å²) in [6.45, 7) is 7.39. The third kappa shape index (κ3) is 5.21. The van der Waals surface area contributed by atoms with Gasteiger partial charge in [-0.25, -0.2) is 0 Å². The molecule has 1 rings (SSSR count). The number of aldehydes is 1. The lowest BCUT2D eigenvalue weighted by Gasteiger charge is -2.15. The summed E-state index contributed by atoms with van der Waals surface area (Å²) < 4.78 is 5.53. The van der Waals surface area contributed by atoms with E-state index in [9.17, 15) is 14.9 Å². The van der Waals surface area contributed by atoms with Crippen molar-refractivity contribution in [3.8, 4) is 5.75 Å². The number of hydrogen-bond acceptors (Lipinski definition) is 4. The Balaban J connectivity index is 2.63. The molecule has 0 saturated carbocycles. The molecule has 0 fully saturated rings. The quantitative estimate of drug-likeness (QED) is 0.252. The molecule has 0 atom stereocenters. The smallest absolute Gasteiger partial charge is 0.270 e. The van der Waals surface area contributed by atoms with Crippen molar-refractivity contribution in [1.29, 1.82) is 0 Å². The van der Waals surface area contributed by atoms with Crippen molar-refractivity contribution < 1.29 is 14.5 Å². The first-order valence-electron chi connectivity index (χ1n) is 6.20. The molecule has 0 spiro atoms. The molecule has 0 aliphatic rings. The molecule has 5 nitrogen and oxygen atoms in total. The summed E-state index contributed by atoms with van der Waals surface area (Å²) in [7, 11) is -1.08. The second kappa shape index (κ2) is 6.47. The van der Waals surface area contributed by atoms with Gasteiger partial charge in [0.15, 0.2) is 6.29 Å². The molecule has 0 aliphatic heterocycles. The van der Waals surface area contributed by atoms with E-state index < -0.39 is 13.0 Å². The van der Waals surface area contributed by atoms with E-state index in [-0.39, 0.29) is 11.3 Å². The molecule has 0 saturated heterocycles. The van der Waals surface area contributed by atoms with Crippen molar-refractivity contribution in [3.05, 3.63) is 33.9 Å². The minimum absolute atomic E-state index is 0.100. The van der Waals surface area contributed by atoms with Crippen LogP contribution in [0.3, 0.4) is 0 Å². The van der Waals surface area contributed by atoms with E-state index in [2.05, 4.69) is 19.6 Å². The van der Waals surface area contributed by atoms with E-state index in [1.807, 2.05) is 0 Å². The molecule has 0 radical (unpaired) electrons. The monoisotopic (exact) mass is 281 g/mol. The zero-order chi connectivity index (χ0) is 14.5. The fourth-order valence-electron chi connectivity index (χ4n) is 1.66. The third-order valence-corrected chi connectivity index (χ3v) is 4.51. The van der Waals surface area contributed by atoms with Gasteiger partial charge in [-0.3, -0.25) is 14.9 Å². The molecule has 0 aliphatic carbocycles. The fraction of sp³-hybridized carbons (Fsp3) is 0.462. The van der Waals surface area contributed by atoms with E-state index in [4.69, 9.17) is 4.74 Å². The number of nitro benzene ring substituents is 1. The van der Waals surface area contributed by atoms with Gasteiger partial charge in [0.05, 0.1) is 17.1 Å². The highest BCUT2D eigenvalue weighted by molar-refractivity contribution is 6.76. The van der Waals surface area contributed by atoms with Gasteiger partial charge in [0, 0.05) is 20.2 Å². The summed E-state index contributed by atoms with van der Waals surface area (Å²) in [6.07, 6.45) is 1.52. The van der Waals surface area contributed by atoms with E-state index in [1.165, 1.54) is 18.2 Å². The maximum absolute atomic E-state index is 10.9. The zero-order valence-electron chi connectivity index (χ0n) is 11.5. The summed E-state index contributed by atoms with van der Waals surface area (Å²) in [5.74, 6) is 0.413. The summed E-state index contributed by atoms with van der Waals surface area (Å²) in [5, 5.41) is 10.6. The fourth-order valence-corrected chi connectivity index (χ4v) is 2.86. The van der Waals surface area contributed by atoms with Gasteiger partial charge in [-0.05, 0) is 12.5 Å². The Morgan fingerprint density at radius 1 is 1.37 bits per heavy atom. The van der Waals surface area contributed by atoms with Gasteiger partial charge in [-0.1, -0.05) is 25.7 Å². The third-order valence-electron chi connectivity index (χ3n) is 2.66. The minimum Gasteiger partial charge on any atom is -0.493 e. The van der Waals surface area contributed by atoms with Crippen molar-refractivity contribution in [2.75, 3.05) is 6.61 Å². The predicted octanol–water partition coefficient (Wildman–Crippen LogP) is 3.51. The Morgan fingerprint density at radius 2 is 2.05 bits per heavy atom. The van der Waals surface area contributed by atoms with Gasteiger partial charge in [0.2, 0.25) is 0 Å². The normalized spacial score (nSPS) is 11.1. The first-order valence-corrected chi connectivity index (χ1v) is 9.90. The summed E-state index contributed by atoms with van der Waals surface area (Å²) in [5.41, 5.74) is 0.124. The van der Waals surface area contributed by atoms with Crippen LogP contribution < -0.4 is 4.74 Å². The number of rotatable bonds is 7. The van der Waals surface area contributed by atoms with Gasteiger partial charge in [-0.2, -0.15) is 0 Å². The van der Waals surface area contributed by atoms with Crippen molar-refractivity contribution in [3.63, 3.8) is 0 Å². The molecule has 1 aromatic rings. The maximum atomic E-state index is 10.9. The molecule has 0 bridgehead atoms. The molecule has 104 valence electrons. The summed E-state index contributed by atoms with van der Waals surface area (Å²) in [4.78, 5) is 21.0. The highest BCUT2D eigenvalue weighted by atomic mass is 28.3. The summed E-state index contributed by atoms with van der Waals surface area (Å²) in [6, 6.07) is 5.22.